The molecule has 0 aliphatic heterocycles. The Balaban J connectivity index is 1.83. The van der Waals surface area contributed by atoms with Gasteiger partial charge in [-0.1, -0.05) is 6.07 Å². The van der Waals surface area contributed by atoms with E-state index in [0.717, 1.165) is 5.69 Å². The molecular formula is C14H21NO2. The summed E-state index contributed by atoms with van der Waals surface area (Å²) < 4.78 is 5.17. The maximum absolute atomic E-state index is 9.65. The summed E-state index contributed by atoms with van der Waals surface area (Å²) in [4.78, 5) is 0. The van der Waals surface area contributed by atoms with Crippen LogP contribution in [0.1, 0.15) is 24.5 Å². The molecule has 17 heavy (non-hydrogen) atoms. The van der Waals surface area contributed by atoms with Crippen molar-refractivity contribution in [2.24, 2.45) is 0 Å². The minimum Gasteiger partial charge on any atom is -0.389 e. The molecule has 0 heterocycles. The maximum Gasteiger partial charge on any atom is 0.0945 e. The molecule has 0 aromatic heterocycles. The van der Waals surface area contributed by atoms with Crippen molar-refractivity contribution >= 4 is 5.69 Å². The molecule has 1 aromatic carbocycles. The summed E-state index contributed by atoms with van der Waals surface area (Å²) in [6.45, 7) is 3.52. The number of benzene rings is 1. The van der Waals surface area contributed by atoms with Crippen LogP contribution in [0.15, 0.2) is 18.2 Å². The number of aryl methyl sites for hydroxylation is 2. The molecule has 3 heteroatoms. The monoisotopic (exact) mass is 235 g/mol. The van der Waals surface area contributed by atoms with Crippen molar-refractivity contribution in [2.45, 2.75) is 32.3 Å². The molecule has 0 amide bonds. The molecule has 1 aliphatic carbocycles. The van der Waals surface area contributed by atoms with Crippen molar-refractivity contribution in [3.8, 4) is 0 Å². The summed E-state index contributed by atoms with van der Waals surface area (Å²) in [5.41, 5.74) is 4.03. The Morgan fingerprint density at radius 1 is 1.35 bits per heavy atom. The molecule has 3 nitrogen and oxygen atoms in total. The molecular weight excluding hydrogens is 214 g/mol. The molecule has 0 saturated heterocycles. The highest BCUT2D eigenvalue weighted by atomic mass is 16.5. The van der Waals surface area contributed by atoms with Crippen LogP contribution in [-0.2, 0) is 17.6 Å². The highest BCUT2D eigenvalue weighted by Crippen LogP contribution is 2.24. The zero-order valence-electron chi connectivity index (χ0n) is 10.4. The Morgan fingerprint density at radius 2 is 2.18 bits per heavy atom. The lowest BCUT2D eigenvalue weighted by molar-refractivity contribution is 0.0496. The van der Waals surface area contributed by atoms with Gasteiger partial charge in [0.2, 0.25) is 0 Å². The van der Waals surface area contributed by atoms with Gasteiger partial charge in [-0.2, -0.15) is 0 Å². The van der Waals surface area contributed by atoms with Crippen LogP contribution in [0.3, 0.4) is 0 Å². The summed E-state index contributed by atoms with van der Waals surface area (Å²) in [7, 11) is 0. The number of nitrogens with one attached hydrogen (secondary N) is 1. The van der Waals surface area contributed by atoms with Crippen LogP contribution in [0.25, 0.3) is 0 Å². The van der Waals surface area contributed by atoms with Gasteiger partial charge in [-0.05, 0) is 49.4 Å². The van der Waals surface area contributed by atoms with Crippen molar-refractivity contribution in [1.29, 1.82) is 0 Å². The number of fused-ring (bicyclic) bond motifs is 1. The molecule has 1 atom stereocenters. The minimum atomic E-state index is -0.441. The highest BCUT2D eigenvalue weighted by molar-refractivity contribution is 5.50. The largest absolute Gasteiger partial charge is 0.389 e. The summed E-state index contributed by atoms with van der Waals surface area (Å²) in [6.07, 6.45) is 3.23. The van der Waals surface area contributed by atoms with Crippen LogP contribution in [0.2, 0.25) is 0 Å². The molecule has 2 N–H and O–H groups in total. The standard InChI is InChI=1S/C14H21NO2/c1-2-17-10-14(16)9-15-13-7-6-11-4-3-5-12(11)8-13/h6-8,14-16H,2-5,9-10H2,1H3. The van der Waals surface area contributed by atoms with Crippen LogP contribution in [0, 0.1) is 0 Å². The summed E-state index contributed by atoms with van der Waals surface area (Å²) in [5.74, 6) is 0. The van der Waals surface area contributed by atoms with Crippen LogP contribution in [-0.4, -0.2) is 31.0 Å². The first kappa shape index (κ1) is 12.4. The van der Waals surface area contributed by atoms with E-state index in [0.29, 0.717) is 19.8 Å². The average Bonchev–Trinajstić information content (AvgIpc) is 2.81. The fourth-order valence-corrected chi connectivity index (χ4v) is 2.23. The predicted octanol–water partition coefficient (Wildman–Crippen LogP) is 1.98. The van der Waals surface area contributed by atoms with E-state index in [2.05, 4.69) is 23.5 Å². The highest BCUT2D eigenvalue weighted by Gasteiger charge is 2.11. The molecule has 94 valence electrons. The van der Waals surface area contributed by atoms with Crippen molar-refractivity contribution in [1.82, 2.24) is 0 Å². The van der Waals surface area contributed by atoms with E-state index in [4.69, 9.17) is 4.74 Å². The third kappa shape index (κ3) is 3.45. The molecule has 1 unspecified atom stereocenters. The Morgan fingerprint density at radius 3 is 3.00 bits per heavy atom. The third-order valence-electron chi connectivity index (χ3n) is 3.15. The number of anilines is 1. The average molecular weight is 235 g/mol. The lowest BCUT2D eigenvalue weighted by atomic mass is 10.1. The topological polar surface area (TPSA) is 41.5 Å². The summed E-state index contributed by atoms with van der Waals surface area (Å²) in [6, 6.07) is 6.49. The fraction of sp³-hybridized carbons (Fsp3) is 0.571. The van der Waals surface area contributed by atoms with Gasteiger partial charge in [0.25, 0.3) is 0 Å². The Hall–Kier alpha value is -1.06. The Bertz CT molecular complexity index is 365. The van der Waals surface area contributed by atoms with E-state index in [9.17, 15) is 5.11 Å². The molecule has 0 radical (unpaired) electrons. The Labute approximate surface area is 103 Å². The Kier molecular flexibility index (Phi) is 4.40. The van der Waals surface area contributed by atoms with Crippen LogP contribution < -0.4 is 5.32 Å². The molecule has 0 fully saturated rings. The maximum atomic E-state index is 9.65. The second-order valence-electron chi connectivity index (χ2n) is 4.53. The molecule has 0 saturated carbocycles. The molecule has 0 bridgehead atoms. The zero-order valence-corrected chi connectivity index (χ0v) is 10.4. The van der Waals surface area contributed by atoms with Gasteiger partial charge in [-0.3, -0.25) is 0 Å². The first-order chi connectivity index (χ1) is 8.29. The first-order valence-electron chi connectivity index (χ1n) is 6.41. The predicted molar refractivity (Wildman–Crippen MR) is 69.5 cm³/mol. The third-order valence-corrected chi connectivity index (χ3v) is 3.15. The number of aliphatic hydroxyl groups excluding tert-OH is 1. The van der Waals surface area contributed by atoms with E-state index >= 15 is 0 Å². The SMILES string of the molecule is CCOCC(O)CNc1ccc2c(c1)CCC2. The number of rotatable bonds is 6. The first-order valence-corrected chi connectivity index (χ1v) is 6.41. The van der Waals surface area contributed by atoms with Crippen LogP contribution in [0.4, 0.5) is 5.69 Å². The van der Waals surface area contributed by atoms with E-state index in [-0.39, 0.29) is 0 Å². The van der Waals surface area contributed by atoms with Crippen LogP contribution in [0.5, 0.6) is 0 Å². The molecule has 2 rings (SSSR count). The molecule has 0 spiro atoms. The van der Waals surface area contributed by atoms with E-state index in [1.807, 2.05) is 6.92 Å². The van der Waals surface area contributed by atoms with E-state index in [1.165, 1.54) is 30.4 Å². The van der Waals surface area contributed by atoms with E-state index < -0.39 is 6.10 Å². The number of hydrogen-bond acceptors (Lipinski definition) is 3. The van der Waals surface area contributed by atoms with Gasteiger partial charge >= 0.3 is 0 Å². The number of ether oxygens (including phenoxy) is 1. The second kappa shape index (κ2) is 6.03. The lowest BCUT2D eigenvalue weighted by Gasteiger charge is -2.13. The number of aliphatic hydroxyl groups is 1. The smallest absolute Gasteiger partial charge is 0.0945 e. The normalized spacial score (nSPS) is 15.6. The van der Waals surface area contributed by atoms with Gasteiger partial charge in [-0.15, -0.1) is 0 Å². The zero-order chi connectivity index (χ0) is 12.1. The van der Waals surface area contributed by atoms with E-state index in [1.54, 1.807) is 0 Å². The van der Waals surface area contributed by atoms with Crippen LogP contribution >= 0.6 is 0 Å². The van der Waals surface area contributed by atoms with Crippen molar-refractivity contribution in [2.75, 3.05) is 25.1 Å². The summed E-state index contributed by atoms with van der Waals surface area (Å²) >= 11 is 0. The van der Waals surface area contributed by atoms with Crippen molar-refractivity contribution in [3.05, 3.63) is 29.3 Å². The lowest BCUT2D eigenvalue weighted by Crippen LogP contribution is -2.24. The van der Waals surface area contributed by atoms with Gasteiger partial charge in [0.15, 0.2) is 0 Å². The van der Waals surface area contributed by atoms with Gasteiger partial charge in [0, 0.05) is 18.8 Å². The van der Waals surface area contributed by atoms with Crippen molar-refractivity contribution < 1.29 is 9.84 Å². The fourth-order valence-electron chi connectivity index (χ4n) is 2.23. The van der Waals surface area contributed by atoms with Gasteiger partial charge in [0.05, 0.1) is 12.7 Å². The van der Waals surface area contributed by atoms with Gasteiger partial charge < -0.3 is 15.2 Å². The quantitative estimate of drug-likeness (QED) is 0.792. The van der Waals surface area contributed by atoms with Gasteiger partial charge in [-0.25, -0.2) is 0 Å². The summed E-state index contributed by atoms with van der Waals surface area (Å²) in [5, 5.41) is 12.9. The second-order valence-corrected chi connectivity index (χ2v) is 4.53. The van der Waals surface area contributed by atoms with Gasteiger partial charge in [0.1, 0.15) is 0 Å². The molecule has 1 aromatic rings. The number of hydrogen-bond donors (Lipinski definition) is 2. The van der Waals surface area contributed by atoms with Crippen molar-refractivity contribution in [3.63, 3.8) is 0 Å². The minimum absolute atomic E-state index is 0.397. The molecule has 1 aliphatic rings.